The third-order valence-electron chi connectivity index (χ3n) is 3.66. The number of hydrogen-bond acceptors (Lipinski definition) is 1. The van der Waals surface area contributed by atoms with Gasteiger partial charge in [-0.2, -0.15) is 0 Å². The van der Waals surface area contributed by atoms with Crippen molar-refractivity contribution in [1.29, 1.82) is 0 Å². The number of halogens is 2. The molecule has 2 aromatic carbocycles. The van der Waals surface area contributed by atoms with Crippen LogP contribution in [0.1, 0.15) is 36.1 Å². The largest absolute Gasteiger partial charge is 0.313 e. The summed E-state index contributed by atoms with van der Waals surface area (Å²) in [6.45, 7) is 2.21. The van der Waals surface area contributed by atoms with E-state index in [0.717, 1.165) is 12.8 Å². The van der Waals surface area contributed by atoms with Crippen molar-refractivity contribution in [2.75, 3.05) is 7.05 Å². The van der Waals surface area contributed by atoms with E-state index >= 15 is 0 Å². The van der Waals surface area contributed by atoms with Gasteiger partial charge in [0.1, 0.15) is 0 Å². The van der Waals surface area contributed by atoms with Crippen molar-refractivity contribution in [3.05, 3.63) is 69.2 Å². The molecular formula is C18H21Cl2N. The first kappa shape index (κ1) is 16.4. The molecule has 1 unspecified atom stereocenters. The second-order valence-electron chi connectivity index (χ2n) is 5.29. The molecule has 2 rings (SSSR count). The molecule has 0 aromatic heterocycles. The predicted molar refractivity (Wildman–Crippen MR) is 92.4 cm³/mol. The fourth-order valence-corrected chi connectivity index (χ4v) is 2.86. The average molecular weight is 322 g/mol. The molecule has 21 heavy (non-hydrogen) atoms. The minimum absolute atomic E-state index is 0.277. The normalized spacial score (nSPS) is 12.4. The molecule has 1 N–H and O–H groups in total. The van der Waals surface area contributed by atoms with E-state index in [-0.39, 0.29) is 6.04 Å². The summed E-state index contributed by atoms with van der Waals surface area (Å²) in [5.41, 5.74) is 3.89. The Morgan fingerprint density at radius 3 is 2.48 bits per heavy atom. The van der Waals surface area contributed by atoms with Crippen molar-refractivity contribution >= 4 is 23.2 Å². The summed E-state index contributed by atoms with van der Waals surface area (Å²) in [5, 5.41) is 4.61. The summed E-state index contributed by atoms with van der Waals surface area (Å²) >= 11 is 12.1. The third-order valence-corrected chi connectivity index (χ3v) is 4.40. The smallest absolute Gasteiger partial charge is 0.0595 e. The summed E-state index contributed by atoms with van der Waals surface area (Å²) in [6, 6.07) is 14.9. The lowest BCUT2D eigenvalue weighted by atomic mass is 9.96. The van der Waals surface area contributed by atoms with E-state index < -0.39 is 0 Å². The van der Waals surface area contributed by atoms with E-state index in [1.807, 2.05) is 25.2 Å². The molecule has 0 aliphatic rings. The lowest BCUT2D eigenvalue weighted by Crippen LogP contribution is -2.19. The highest BCUT2D eigenvalue weighted by Crippen LogP contribution is 2.26. The van der Waals surface area contributed by atoms with Crippen LogP contribution >= 0.6 is 23.2 Å². The molecule has 0 radical (unpaired) electrons. The summed E-state index contributed by atoms with van der Waals surface area (Å²) < 4.78 is 0. The van der Waals surface area contributed by atoms with Crippen LogP contribution in [0.4, 0.5) is 0 Å². The van der Waals surface area contributed by atoms with Gasteiger partial charge in [0.2, 0.25) is 0 Å². The molecule has 1 nitrogen and oxygen atoms in total. The standard InChI is InChI=1S/C18H21Cl2N/c1-3-5-13-6-4-7-15(10-13)18(21-2)12-14-8-9-16(19)17(20)11-14/h4,6-11,18,21H,3,5,12H2,1-2H3. The quantitative estimate of drug-likeness (QED) is 0.746. The van der Waals surface area contributed by atoms with E-state index in [2.05, 4.69) is 36.5 Å². The SMILES string of the molecule is CCCc1cccc(C(Cc2ccc(Cl)c(Cl)c2)NC)c1. The van der Waals surface area contributed by atoms with Crippen LogP contribution < -0.4 is 5.32 Å². The molecule has 0 spiro atoms. The van der Waals surface area contributed by atoms with Gasteiger partial charge in [-0.05, 0) is 48.7 Å². The van der Waals surface area contributed by atoms with Crippen LogP contribution in [0, 0.1) is 0 Å². The van der Waals surface area contributed by atoms with E-state index in [1.165, 1.54) is 23.1 Å². The summed E-state index contributed by atoms with van der Waals surface area (Å²) in [6.07, 6.45) is 3.18. The van der Waals surface area contributed by atoms with Gasteiger partial charge in [-0.15, -0.1) is 0 Å². The highest BCUT2D eigenvalue weighted by atomic mass is 35.5. The fraction of sp³-hybridized carbons (Fsp3) is 0.333. The molecule has 112 valence electrons. The topological polar surface area (TPSA) is 12.0 Å². The zero-order valence-corrected chi connectivity index (χ0v) is 14.0. The molecule has 0 heterocycles. The van der Waals surface area contributed by atoms with Gasteiger partial charge < -0.3 is 5.32 Å². The maximum absolute atomic E-state index is 6.10. The summed E-state index contributed by atoms with van der Waals surface area (Å²) in [4.78, 5) is 0. The number of nitrogens with one attached hydrogen (secondary N) is 1. The molecule has 0 saturated heterocycles. The highest BCUT2D eigenvalue weighted by molar-refractivity contribution is 6.42. The van der Waals surface area contributed by atoms with Gasteiger partial charge in [0.25, 0.3) is 0 Å². The van der Waals surface area contributed by atoms with Crippen LogP contribution in [0.3, 0.4) is 0 Å². The van der Waals surface area contributed by atoms with E-state index in [9.17, 15) is 0 Å². The van der Waals surface area contributed by atoms with Crippen LogP contribution in [0.25, 0.3) is 0 Å². The Morgan fingerprint density at radius 2 is 1.81 bits per heavy atom. The van der Waals surface area contributed by atoms with Gasteiger partial charge in [-0.25, -0.2) is 0 Å². The minimum Gasteiger partial charge on any atom is -0.313 e. The molecule has 0 aliphatic heterocycles. The minimum atomic E-state index is 0.277. The van der Waals surface area contributed by atoms with Crippen LogP contribution in [-0.2, 0) is 12.8 Å². The number of benzene rings is 2. The third kappa shape index (κ3) is 4.47. The maximum atomic E-state index is 6.10. The number of likely N-dealkylation sites (N-methyl/N-ethyl adjacent to an activating group) is 1. The first-order valence-electron chi connectivity index (χ1n) is 7.34. The van der Waals surface area contributed by atoms with Gasteiger partial charge in [0, 0.05) is 6.04 Å². The first-order valence-corrected chi connectivity index (χ1v) is 8.09. The van der Waals surface area contributed by atoms with Gasteiger partial charge in [0.05, 0.1) is 10.0 Å². The maximum Gasteiger partial charge on any atom is 0.0595 e. The zero-order valence-electron chi connectivity index (χ0n) is 12.5. The van der Waals surface area contributed by atoms with Crippen molar-refractivity contribution < 1.29 is 0 Å². The van der Waals surface area contributed by atoms with Crippen molar-refractivity contribution in [3.63, 3.8) is 0 Å². The molecule has 0 bridgehead atoms. The molecule has 0 fully saturated rings. The fourth-order valence-electron chi connectivity index (χ4n) is 2.54. The second-order valence-corrected chi connectivity index (χ2v) is 6.10. The van der Waals surface area contributed by atoms with Crippen LogP contribution in [0.15, 0.2) is 42.5 Å². The van der Waals surface area contributed by atoms with Crippen molar-refractivity contribution in [2.24, 2.45) is 0 Å². The molecular weight excluding hydrogens is 301 g/mol. The summed E-state index contributed by atoms with van der Waals surface area (Å²) in [5.74, 6) is 0. The molecule has 1 atom stereocenters. The Balaban J connectivity index is 2.19. The van der Waals surface area contributed by atoms with Crippen LogP contribution in [0.2, 0.25) is 10.0 Å². The molecule has 0 saturated carbocycles. The van der Waals surface area contributed by atoms with Gasteiger partial charge in [-0.1, -0.05) is 66.9 Å². The highest BCUT2D eigenvalue weighted by Gasteiger charge is 2.11. The first-order chi connectivity index (χ1) is 10.1. The molecule has 3 heteroatoms. The summed E-state index contributed by atoms with van der Waals surface area (Å²) in [7, 11) is 1.99. The lowest BCUT2D eigenvalue weighted by Gasteiger charge is -2.18. The average Bonchev–Trinajstić information content (AvgIpc) is 2.49. The van der Waals surface area contributed by atoms with Gasteiger partial charge >= 0.3 is 0 Å². The zero-order chi connectivity index (χ0) is 15.2. The van der Waals surface area contributed by atoms with Gasteiger partial charge in [0.15, 0.2) is 0 Å². The van der Waals surface area contributed by atoms with E-state index in [0.29, 0.717) is 10.0 Å². The number of hydrogen-bond donors (Lipinski definition) is 1. The Kier molecular flexibility index (Phi) is 6.10. The lowest BCUT2D eigenvalue weighted by molar-refractivity contribution is 0.591. The van der Waals surface area contributed by atoms with E-state index in [1.54, 1.807) is 0 Å². The van der Waals surface area contributed by atoms with Crippen molar-refractivity contribution in [1.82, 2.24) is 5.32 Å². The number of aryl methyl sites for hydroxylation is 1. The van der Waals surface area contributed by atoms with Crippen molar-refractivity contribution in [3.8, 4) is 0 Å². The number of rotatable bonds is 6. The molecule has 2 aromatic rings. The second kappa shape index (κ2) is 7.84. The molecule has 0 amide bonds. The predicted octanol–water partition coefficient (Wildman–Crippen LogP) is 5.45. The van der Waals surface area contributed by atoms with Crippen molar-refractivity contribution in [2.45, 2.75) is 32.2 Å². The Morgan fingerprint density at radius 1 is 1.00 bits per heavy atom. The van der Waals surface area contributed by atoms with Crippen LogP contribution in [-0.4, -0.2) is 7.05 Å². The Hall–Kier alpha value is -1.02. The van der Waals surface area contributed by atoms with Gasteiger partial charge in [-0.3, -0.25) is 0 Å². The Bertz CT molecular complexity index is 596. The van der Waals surface area contributed by atoms with E-state index in [4.69, 9.17) is 23.2 Å². The molecule has 0 aliphatic carbocycles. The monoisotopic (exact) mass is 321 g/mol. The van der Waals surface area contributed by atoms with Crippen LogP contribution in [0.5, 0.6) is 0 Å². The Labute approximate surface area is 137 Å².